The number of phosphoric ester groups is 1. The van der Waals surface area contributed by atoms with E-state index in [1.54, 1.807) is 6.08 Å². The lowest BCUT2D eigenvalue weighted by atomic mass is 10.0. The number of hydrogen-bond donors (Lipinski definition) is 3. The minimum Gasteiger partial charge on any atom is -0.387 e. The number of aliphatic hydroxyl groups is 1. The van der Waals surface area contributed by atoms with Crippen LogP contribution < -0.4 is 5.32 Å². The third-order valence-corrected chi connectivity index (χ3v) is 17.2. The molecule has 3 N–H and O–H groups in total. The van der Waals surface area contributed by atoms with Crippen LogP contribution in [-0.4, -0.2) is 73.4 Å². The van der Waals surface area contributed by atoms with Gasteiger partial charge in [0.2, 0.25) is 5.91 Å². The first kappa shape index (κ1) is 84.9. The minimum absolute atomic E-state index is 0.0554. The van der Waals surface area contributed by atoms with Crippen molar-refractivity contribution < 1.29 is 32.9 Å². The molecule has 0 heterocycles. The van der Waals surface area contributed by atoms with Crippen LogP contribution in [0.4, 0.5) is 0 Å². The smallest absolute Gasteiger partial charge is 0.387 e. The predicted octanol–water partition coefficient (Wildman–Crippen LogP) is 24.0. The van der Waals surface area contributed by atoms with Crippen molar-refractivity contribution >= 4 is 13.7 Å². The summed E-state index contributed by atoms with van der Waals surface area (Å²) in [6.07, 6.45) is 102. The molecule has 88 heavy (non-hydrogen) atoms. The Kier molecular flexibility index (Phi) is 65.9. The van der Waals surface area contributed by atoms with Gasteiger partial charge in [0.15, 0.2) is 0 Å². The van der Waals surface area contributed by atoms with E-state index in [0.29, 0.717) is 17.4 Å². The summed E-state index contributed by atoms with van der Waals surface area (Å²) >= 11 is 0. The Bertz CT molecular complexity index is 1850. The second kappa shape index (κ2) is 68.3. The van der Waals surface area contributed by atoms with Crippen LogP contribution in [0.25, 0.3) is 0 Å². The van der Waals surface area contributed by atoms with Gasteiger partial charge in [-0.25, -0.2) is 4.57 Å². The zero-order valence-electron chi connectivity index (χ0n) is 58.2. The van der Waals surface area contributed by atoms with Crippen LogP contribution in [-0.2, 0) is 18.4 Å². The van der Waals surface area contributed by atoms with Gasteiger partial charge in [-0.15, -0.1) is 0 Å². The minimum atomic E-state index is -4.37. The molecule has 0 aromatic rings. The van der Waals surface area contributed by atoms with Gasteiger partial charge in [0.1, 0.15) is 13.2 Å². The fourth-order valence-corrected chi connectivity index (χ4v) is 11.2. The summed E-state index contributed by atoms with van der Waals surface area (Å²) in [7, 11) is 1.56. The molecule has 3 unspecified atom stereocenters. The molecule has 0 saturated carbocycles. The zero-order valence-corrected chi connectivity index (χ0v) is 59.1. The van der Waals surface area contributed by atoms with Crippen LogP contribution in [0.1, 0.15) is 322 Å². The van der Waals surface area contributed by atoms with Gasteiger partial charge in [-0.05, 0) is 89.9 Å². The Morgan fingerprint density at radius 2 is 0.682 bits per heavy atom. The molecule has 3 atom stereocenters. The highest BCUT2D eigenvalue weighted by atomic mass is 31.2. The third-order valence-electron chi connectivity index (χ3n) is 16.2. The molecule has 0 fully saturated rings. The number of nitrogens with one attached hydrogen (secondary N) is 1. The number of phosphoric acid groups is 1. The second-order valence-electron chi connectivity index (χ2n) is 25.9. The average Bonchev–Trinajstić information content (AvgIpc) is 3.70. The number of likely N-dealkylation sites (N-methyl/N-ethyl adjacent to an activating group) is 1. The molecule has 9 heteroatoms. The summed E-state index contributed by atoms with van der Waals surface area (Å²) in [4.78, 5) is 23.5. The molecule has 0 spiro atoms. The van der Waals surface area contributed by atoms with Gasteiger partial charge < -0.3 is 19.8 Å². The second-order valence-corrected chi connectivity index (χ2v) is 27.4. The Morgan fingerprint density at radius 1 is 0.398 bits per heavy atom. The number of amides is 1. The Hall–Kier alpha value is -3.10. The van der Waals surface area contributed by atoms with E-state index in [0.717, 1.165) is 103 Å². The van der Waals surface area contributed by atoms with Crippen molar-refractivity contribution in [3.8, 4) is 0 Å². The number of hydrogen-bond acceptors (Lipinski definition) is 5. The van der Waals surface area contributed by atoms with Crippen molar-refractivity contribution in [1.82, 2.24) is 5.32 Å². The van der Waals surface area contributed by atoms with Crippen LogP contribution >= 0.6 is 7.82 Å². The summed E-state index contributed by atoms with van der Waals surface area (Å²) < 4.78 is 23.8. The predicted molar refractivity (Wildman–Crippen MR) is 387 cm³/mol. The number of unbranched alkanes of at least 4 members (excludes halogenated alkanes) is 36. The topological polar surface area (TPSA) is 105 Å². The summed E-state index contributed by atoms with van der Waals surface area (Å²) in [6.45, 7) is 4.72. The first-order valence-electron chi connectivity index (χ1n) is 36.9. The van der Waals surface area contributed by atoms with Crippen molar-refractivity contribution in [2.75, 3.05) is 40.9 Å². The molecule has 0 radical (unpaired) electrons. The van der Waals surface area contributed by atoms with E-state index >= 15 is 0 Å². The van der Waals surface area contributed by atoms with Gasteiger partial charge in [-0.1, -0.05) is 347 Å². The lowest BCUT2D eigenvalue weighted by molar-refractivity contribution is -0.870. The molecular formula is C79H142N2O6P+. The Morgan fingerprint density at radius 3 is 1.00 bits per heavy atom. The number of allylic oxidation sites excluding steroid dienone is 19. The lowest BCUT2D eigenvalue weighted by Gasteiger charge is -2.25. The van der Waals surface area contributed by atoms with E-state index in [9.17, 15) is 19.4 Å². The largest absolute Gasteiger partial charge is 0.472 e. The van der Waals surface area contributed by atoms with E-state index in [1.807, 2.05) is 27.2 Å². The maximum absolute atomic E-state index is 13.1. The molecule has 1 amide bonds. The van der Waals surface area contributed by atoms with Gasteiger partial charge in [-0.2, -0.15) is 0 Å². The molecule has 0 rings (SSSR count). The molecule has 8 nitrogen and oxygen atoms in total. The highest BCUT2D eigenvalue weighted by Crippen LogP contribution is 2.43. The number of rotatable bonds is 67. The van der Waals surface area contributed by atoms with Crippen molar-refractivity contribution in [2.24, 2.45) is 0 Å². The van der Waals surface area contributed by atoms with E-state index in [-0.39, 0.29) is 19.1 Å². The van der Waals surface area contributed by atoms with Gasteiger partial charge in [-0.3, -0.25) is 13.8 Å². The van der Waals surface area contributed by atoms with Gasteiger partial charge in [0.25, 0.3) is 0 Å². The van der Waals surface area contributed by atoms with Crippen molar-refractivity contribution in [2.45, 2.75) is 334 Å². The molecule has 0 aliphatic heterocycles. The number of aliphatic hydroxyl groups excluding tert-OH is 1. The van der Waals surface area contributed by atoms with E-state index < -0.39 is 20.0 Å². The van der Waals surface area contributed by atoms with Crippen molar-refractivity contribution in [1.29, 1.82) is 0 Å². The van der Waals surface area contributed by atoms with Crippen molar-refractivity contribution in [3.63, 3.8) is 0 Å². The average molecular weight is 1250 g/mol. The highest BCUT2D eigenvalue weighted by Gasteiger charge is 2.28. The molecule has 0 aromatic heterocycles. The monoisotopic (exact) mass is 1250 g/mol. The first-order chi connectivity index (χ1) is 43.0. The fourth-order valence-electron chi connectivity index (χ4n) is 10.5. The van der Waals surface area contributed by atoms with Gasteiger partial charge in [0, 0.05) is 6.42 Å². The Balaban J connectivity index is 4.11. The molecule has 508 valence electrons. The van der Waals surface area contributed by atoms with Crippen LogP contribution in [0.5, 0.6) is 0 Å². The molecule has 0 aromatic carbocycles. The standard InChI is InChI=1S/C79H141N2O6P/c1-6-8-10-12-14-16-18-20-22-24-26-28-30-32-34-36-37-38-39-40-41-42-43-45-47-49-51-53-55-57-59-61-63-65-67-69-71-73-79(83)80-77(76-87-88(84,85)86-75-74-81(3,4)5)78(82)72-70-68-66-64-62-60-58-56-54-52-50-48-46-44-35-33-31-29-27-25-23-21-19-17-15-13-11-9-7-2/h8,10,14,16,20,22,26,28,32,34,37-38,40-41,43,45,49,51,70,72,77-78,82H,6-7,9,11-13,15,17-19,21,23-25,27,29-31,33,35-36,39,42,44,46-48,50,52-69,71,73-76H2,1-5H3,(H-,80,83,84,85)/p+1/b10-8-,16-14-,22-20-,28-26-,34-32-,38-37-,41-40-,45-43-,51-49-,72-70+. The SMILES string of the molecule is CC/C=C\C/C=C\C/C=C\C/C=C\C/C=C\C/C=C\C/C=C\C/C=C\C/C=C\CCCCCCCCCCCC(=O)NC(COP(=O)(O)OCC[N+](C)(C)C)C(O)/C=C/CCCCCCCCCCCCCCCCCCCCCCCCCCCCC. The summed E-state index contributed by atoms with van der Waals surface area (Å²) in [5.74, 6) is -0.184. The summed E-state index contributed by atoms with van der Waals surface area (Å²) in [5, 5.41) is 14.0. The van der Waals surface area contributed by atoms with E-state index in [1.165, 1.54) is 199 Å². The zero-order chi connectivity index (χ0) is 64.1. The molecule has 0 aliphatic rings. The normalized spacial score (nSPS) is 14.3. The molecule has 0 aliphatic carbocycles. The quantitative estimate of drug-likeness (QED) is 0.0243. The molecular weight excluding hydrogens is 1100 g/mol. The van der Waals surface area contributed by atoms with E-state index in [4.69, 9.17) is 9.05 Å². The number of quaternary nitrogens is 1. The molecule has 0 bridgehead atoms. The lowest BCUT2D eigenvalue weighted by Crippen LogP contribution is -2.45. The highest BCUT2D eigenvalue weighted by molar-refractivity contribution is 7.47. The van der Waals surface area contributed by atoms with Gasteiger partial charge in [0.05, 0.1) is 39.9 Å². The molecule has 0 saturated heterocycles. The fraction of sp³-hybridized carbons (Fsp3) is 0.734. The third kappa shape index (κ3) is 70.4. The van der Waals surface area contributed by atoms with Crippen molar-refractivity contribution in [3.05, 3.63) is 122 Å². The Labute approximate surface area is 545 Å². The van der Waals surface area contributed by atoms with Crippen LogP contribution in [0.3, 0.4) is 0 Å². The number of nitrogens with zero attached hydrogens (tertiary/aromatic N) is 1. The summed E-state index contributed by atoms with van der Waals surface area (Å²) in [6, 6.07) is -0.860. The van der Waals surface area contributed by atoms with Crippen LogP contribution in [0.15, 0.2) is 122 Å². The summed E-state index contributed by atoms with van der Waals surface area (Å²) in [5.41, 5.74) is 0. The number of carbonyl (C=O) groups excluding carboxylic acids is 1. The maximum Gasteiger partial charge on any atom is 0.472 e. The number of carbonyl (C=O) groups is 1. The van der Waals surface area contributed by atoms with E-state index in [2.05, 4.69) is 129 Å². The van der Waals surface area contributed by atoms with Crippen LogP contribution in [0.2, 0.25) is 0 Å². The van der Waals surface area contributed by atoms with Crippen LogP contribution in [0, 0.1) is 0 Å². The maximum atomic E-state index is 13.1. The first-order valence-corrected chi connectivity index (χ1v) is 38.4. The van der Waals surface area contributed by atoms with Gasteiger partial charge >= 0.3 is 7.82 Å².